The Morgan fingerprint density at radius 2 is 1.53 bits per heavy atom. The van der Waals surface area contributed by atoms with Crippen molar-refractivity contribution in [3.8, 4) is 28.0 Å². The van der Waals surface area contributed by atoms with Crippen LogP contribution in [-0.4, -0.2) is 25.3 Å². The lowest BCUT2D eigenvalue weighted by molar-refractivity contribution is -0.652. The second-order valence-electron chi connectivity index (χ2n) is 10.5. The van der Waals surface area contributed by atoms with Gasteiger partial charge >= 0.3 is 5.89 Å². The molecule has 0 N–H and O–H groups in total. The summed E-state index contributed by atoms with van der Waals surface area (Å²) in [5.41, 5.74) is 7.89. The number of fused-ring (bicyclic) bond motifs is 2. The molecule has 2 heterocycles. The highest BCUT2D eigenvalue weighted by molar-refractivity contribution is 7.85. The van der Waals surface area contributed by atoms with Crippen LogP contribution in [0.2, 0.25) is 0 Å². The molecule has 1 aliphatic heterocycles. The first kappa shape index (κ1) is 28.5. The SMILES string of the molecule is CCC(/C=C1\Oc2ccc(-c3ccccc3)cc2N1CCCS(=O)(=O)[O-])=C\c1oc2ccc(-c3ccccc3)cc2[n+]1C. The molecule has 4 aromatic carbocycles. The van der Waals surface area contributed by atoms with Gasteiger partial charge in [0.05, 0.1) is 21.9 Å². The maximum Gasteiger partial charge on any atom is 0.374 e. The zero-order chi connectivity index (χ0) is 30.0. The van der Waals surface area contributed by atoms with Crippen LogP contribution in [0.5, 0.6) is 5.75 Å². The van der Waals surface area contributed by atoms with E-state index in [0.29, 0.717) is 30.5 Å². The standard InChI is InChI=1S/C35H32N2O5S/c1-3-25(21-34-36(2)30-23-28(15-17-32(30)41-34)26-11-6-4-7-12-26)22-35-37(19-10-20-43(38,39)40)31-24-29(16-18-33(31)42-35)27-13-8-5-9-14-27/h4-9,11-18,21-24H,3,10,19-20H2,1-2H3. The molecular formula is C35H32N2O5S. The first-order valence-corrected chi connectivity index (χ1v) is 15.9. The Kier molecular flexibility index (Phi) is 7.88. The van der Waals surface area contributed by atoms with Crippen molar-refractivity contribution in [2.24, 2.45) is 7.05 Å². The molecule has 0 amide bonds. The van der Waals surface area contributed by atoms with E-state index >= 15 is 0 Å². The summed E-state index contributed by atoms with van der Waals surface area (Å²) < 4.78 is 48.7. The van der Waals surface area contributed by atoms with Gasteiger partial charge in [0.15, 0.2) is 5.75 Å². The summed E-state index contributed by atoms with van der Waals surface area (Å²) in [5, 5.41) is 0. The number of rotatable bonds is 9. The van der Waals surface area contributed by atoms with E-state index in [2.05, 4.69) is 31.2 Å². The predicted molar refractivity (Wildman–Crippen MR) is 168 cm³/mol. The number of benzene rings is 4. The number of aromatic nitrogens is 1. The van der Waals surface area contributed by atoms with Crippen molar-refractivity contribution in [3.63, 3.8) is 0 Å². The number of hydrogen-bond acceptors (Lipinski definition) is 6. The van der Waals surface area contributed by atoms with Gasteiger partial charge in [-0.3, -0.25) is 0 Å². The molecule has 0 saturated carbocycles. The van der Waals surface area contributed by atoms with Crippen LogP contribution in [-0.2, 0) is 17.2 Å². The fourth-order valence-corrected chi connectivity index (χ4v) is 5.80. The normalized spacial score (nSPS) is 14.3. The Bertz CT molecular complexity index is 1940. The fourth-order valence-electron chi connectivity index (χ4n) is 5.31. The molecule has 0 unspecified atom stereocenters. The van der Waals surface area contributed by atoms with Gasteiger partial charge in [0.25, 0.3) is 5.52 Å². The van der Waals surface area contributed by atoms with Gasteiger partial charge in [-0.25, -0.2) is 8.42 Å². The third kappa shape index (κ3) is 6.26. The molecule has 0 atom stereocenters. The minimum absolute atomic E-state index is 0.176. The monoisotopic (exact) mass is 592 g/mol. The summed E-state index contributed by atoms with van der Waals surface area (Å²) in [4.78, 5) is 1.95. The molecule has 0 aliphatic carbocycles. The van der Waals surface area contributed by atoms with Crippen molar-refractivity contribution >= 4 is 33.0 Å². The zero-order valence-electron chi connectivity index (χ0n) is 24.1. The van der Waals surface area contributed by atoms with Crippen LogP contribution in [0.25, 0.3) is 39.4 Å². The lowest BCUT2D eigenvalue weighted by Gasteiger charge is -2.19. The van der Waals surface area contributed by atoms with Gasteiger partial charge in [-0.05, 0) is 58.9 Å². The smallest absolute Gasteiger partial charge is 0.374 e. The molecule has 7 nitrogen and oxygen atoms in total. The zero-order valence-corrected chi connectivity index (χ0v) is 24.9. The van der Waals surface area contributed by atoms with E-state index in [1.807, 2.05) is 101 Å². The van der Waals surface area contributed by atoms with Crippen LogP contribution in [0.4, 0.5) is 5.69 Å². The number of aryl methyl sites for hydroxylation is 1. The minimum atomic E-state index is -4.33. The Morgan fingerprint density at radius 1 is 0.884 bits per heavy atom. The van der Waals surface area contributed by atoms with E-state index in [-0.39, 0.29) is 6.42 Å². The van der Waals surface area contributed by atoms with Gasteiger partial charge in [0.2, 0.25) is 11.5 Å². The van der Waals surface area contributed by atoms with Gasteiger partial charge in [-0.1, -0.05) is 79.7 Å². The first-order valence-electron chi connectivity index (χ1n) is 14.3. The molecule has 43 heavy (non-hydrogen) atoms. The lowest BCUT2D eigenvalue weighted by atomic mass is 10.0. The number of oxazole rings is 1. The highest BCUT2D eigenvalue weighted by atomic mass is 32.2. The van der Waals surface area contributed by atoms with Crippen molar-refractivity contribution in [1.82, 2.24) is 0 Å². The molecule has 0 radical (unpaired) electrons. The molecule has 0 spiro atoms. The average Bonchev–Trinajstić information content (AvgIpc) is 3.52. The molecular weight excluding hydrogens is 560 g/mol. The molecule has 8 heteroatoms. The predicted octanol–water partition coefficient (Wildman–Crippen LogP) is 7.06. The van der Waals surface area contributed by atoms with Crippen LogP contribution in [0.15, 0.2) is 119 Å². The van der Waals surface area contributed by atoms with Gasteiger partial charge in [0.1, 0.15) is 7.05 Å². The molecule has 0 fully saturated rings. The van der Waals surface area contributed by atoms with Gasteiger partial charge in [0, 0.05) is 24.4 Å². The van der Waals surface area contributed by atoms with E-state index in [4.69, 9.17) is 9.15 Å². The molecule has 1 aromatic heterocycles. The number of anilines is 1. The van der Waals surface area contributed by atoms with Gasteiger partial charge < -0.3 is 18.6 Å². The molecule has 6 rings (SSSR count). The summed E-state index contributed by atoms with van der Waals surface area (Å²) >= 11 is 0. The van der Waals surface area contributed by atoms with Crippen LogP contribution < -0.4 is 14.2 Å². The summed E-state index contributed by atoms with van der Waals surface area (Å²) in [7, 11) is -2.35. The summed E-state index contributed by atoms with van der Waals surface area (Å²) in [6, 6.07) is 32.4. The second-order valence-corrected chi connectivity index (χ2v) is 12.0. The topological polar surface area (TPSA) is 86.7 Å². The van der Waals surface area contributed by atoms with Gasteiger partial charge in [-0.15, -0.1) is 0 Å². The first-order chi connectivity index (χ1) is 20.8. The van der Waals surface area contributed by atoms with Crippen LogP contribution in [0, 0.1) is 0 Å². The summed E-state index contributed by atoms with van der Waals surface area (Å²) in [6.07, 6.45) is 4.83. The highest BCUT2D eigenvalue weighted by Crippen LogP contribution is 2.42. The van der Waals surface area contributed by atoms with Gasteiger partial charge in [-0.2, -0.15) is 4.57 Å². The minimum Gasteiger partial charge on any atom is -0.748 e. The third-order valence-corrected chi connectivity index (χ3v) is 8.40. The number of allylic oxidation sites excluding steroid dienone is 2. The molecule has 5 aromatic rings. The van der Waals surface area contributed by atoms with Crippen LogP contribution in [0.1, 0.15) is 25.7 Å². The summed E-state index contributed by atoms with van der Waals surface area (Å²) in [6.45, 7) is 2.37. The van der Waals surface area contributed by atoms with Crippen molar-refractivity contribution in [3.05, 3.63) is 120 Å². The third-order valence-electron chi connectivity index (χ3n) is 7.61. The Morgan fingerprint density at radius 3 is 2.19 bits per heavy atom. The van der Waals surface area contributed by atoms with E-state index in [1.165, 1.54) is 0 Å². The van der Waals surface area contributed by atoms with Crippen molar-refractivity contribution in [1.29, 1.82) is 0 Å². The van der Waals surface area contributed by atoms with Crippen molar-refractivity contribution in [2.45, 2.75) is 19.8 Å². The Balaban J connectivity index is 1.35. The molecule has 218 valence electrons. The Hall–Kier alpha value is -4.66. The van der Waals surface area contributed by atoms with E-state index in [1.54, 1.807) is 0 Å². The second kappa shape index (κ2) is 11.9. The number of hydrogen-bond donors (Lipinski definition) is 0. The van der Waals surface area contributed by atoms with Crippen LogP contribution >= 0.6 is 0 Å². The Labute approximate surface area is 251 Å². The summed E-state index contributed by atoms with van der Waals surface area (Å²) in [5.74, 6) is 1.50. The maximum atomic E-state index is 11.4. The fraction of sp³-hybridized carbons (Fsp3) is 0.171. The number of nitrogens with zero attached hydrogens (tertiary/aromatic N) is 2. The lowest BCUT2D eigenvalue weighted by Crippen LogP contribution is -2.29. The van der Waals surface area contributed by atoms with E-state index < -0.39 is 15.9 Å². The van der Waals surface area contributed by atoms with Crippen LogP contribution in [0.3, 0.4) is 0 Å². The van der Waals surface area contributed by atoms with Crippen molar-refractivity contribution in [2.75, 3.05) is 17.2 Å². The van der Waals surface area contributed by atoms with E-state index in [9.17, 15) is 13.0 Å². The maximum absolute atomic E-state index is 11.4. The molecule has 0 bridgehead atoms. The van der Waals surface area contributed by atoms with Crippen molar-refractivity contribution < 1.29 is 26.7 Å². The quantitative estimate of drug-likeness (QED) is 0.135. The molecule has 0 saturated heterocycles. The largest absolute Gasteiger partial charge is 0.748 e. The highest BCUT2D eigenvalue weighted by Gasteiger charge is 2.27. The average molecular weight is 593 g/mol. The van der Waals surface area contributed by atoms with E-state index in [0.717, 1.165) is 44.6 Å². The molecule has 1 aliphatic rings. The number of ether oxygens (including phenoxy) is 1.